The molecule has 0 aromatic carbocycles. The van der Waals surface area contributed by atoms with Crippen molar-refractivity contribution in [1.82, 2.24) is 0 Å². The third kappa shape index (κ3) is 21.1. The van der Waals surface area contributed by atoms with E-state index in [0.29, 0.717) is 18.3 Å². The number of Topliss-reactive ketones (excluding diaryl/α,β-unsaturated/α-hetero) is 2. The summed E-state index contributed by atoms with van der Waals surface area (Å²) in [6.07, 6.45) is 7.53. The molecule has 0 amide bonds. The van der Waals surface area contributed by atoms with E-state index in [9.17, 15) is 19.5 Å². The first-order chi connectivity index (χ1) is 19.1. The molecule has 8 heteroatoms. The predicted molar refractivity (Wildman–Crippen MR) is 178 cm³/mol. The van der Waals surface area contributed by atoms with Crippen molar-refractivity contribution < 1.29 is 33.4 Å². The number of methoxy groups -OCH3 is 2. The van der Waals surface area contributed by atoms with Gasteiger partial charge in [-0.05, 0) is 98.0 Å². The van der Waals surface area contributed by atoms with Gasteiger partial charge in [-0.2, -0.15) is 0 Å². The molecule has 0 fully saturated rings. The van der Waals surface area contributed by atoms with Crippen LogP contribution in [0.2, 0.25) is 19.6 Å². The third-order valence-electron chi connectivity index (χ3n) is 7.25. The lowest BCUT2D eigenvalue weighted by molar-refractivity contribution is -0.146. The lowest BCUT2D eigenvalue weighted by Crippen LogP contribution is -2.48. The van der Waals surface area contributed by atoms with Crippen LogP contribution in [0.4, 0.5) is 0 Å². The monoisotopic (exact) mass is 614 g/mol. The molecule has 0 aliphatic carbocycles. The van der Waals surface area contributed by atoms with Crippen LogP contribution in [0.15, 0.2) is 23.5 Å². The molecule has 1 N–H and O–H groups in total. The smallest absolute Gasteiger partial charge is 0.242 e. The van der Waals surface area contributed by atoms with Crippen LogP contribution in [0.1, 0.15) is 108 Å². The van der Waals surface area contributed by atoms with Gasteiger partial charge in [0.1, 0.15) is 17.2 Å². The lowest BCUT2D eigenvalue weighted by atomic mass is 9.80. The Bertz CT molecular complexity index is 841. The standard InChI is InChI=1S/C15H28O4.C10H20OSi.C9H18O2/c1-7-10(2)9-15(5,19-6)14(18)12(4)13(17)8-11(3)16;1-7-10(8-9(2)3)11-12(4,5)6;1-5-8(2)6-9(3,7-10)11-4/h10,12,14,18H,7-9H2,1-6H3;7-8H,1-6H3;7-8H,5-6H2,1-4H3/b;10-7+;/t10-,12-,14+,15+;;8-,9+/m0.0/s1. The van der Waals surface area contributed by atoms with E-state index in [-0.39, 0.29) is 18.0 Å². The van der Waals surface area contributed by atoms with Gasteiger partial charge in [0, 0.05) is 20.1 Å². The summed E-state index contributed by atoms with van der Waals surface area (Å²) in [4.78, 5) is 33.5. The fourth-order valence-electron chi connectivity index (χ4n) is 4.10. The molecule has 0 aliphatic rings. The number of hydrogen-bond donors (Lipinski definition) is 1. The molecule has 42 heavy (non-hydrogen) atoms. The number of aliphatic hydroxyl groups excluding tert-OH is 1. The van der Waals surface area contributed by atoms with Crippen LogP contribution in [-0.2, 0) is 28.3 Å². The molecule has 6 atom stereocenters. The Kier molecular flexibility index (Phi) is 23.5. The van der Waals surface area contributed by atoms with Gasteiger partial charge in [-0.25, -0.2) is 0 Å². The molecule has 248 valence electrons. The van der Waals surface area contributed by atoms with E-state index in [4.69, 9.17) is 13.9 Å². The zero-order valence-corrected chi connectivity index (χ0v) is 31.0. The molecule has 0 saturated carbocycles. The first-order valence-corrected chi connectivity index (χ1v) is 18.8. The summed E-state index contributed by atoms with van der Waals surface area (Å²) in [5.74, 6) is 0.949. The number of carbonyl (C=O) groups is 3. The summed E-state index contributed by atoms with van der Waals surface area (Å²) < 4.78 is 16.4. The maximum atomic E-state index is 11.9. The Morgan fingerprint density at radius 3 is 1.69 bits per heavy atom. The number of aldehydes is 1. The van der Waals surface area contributed by atoms with Gasteiger partial charge in [-0.3, -0.25) is 9.59 Å². The minimum absolute atomic E-state index is 0.124. The highest BCUT2D eigenvalue weighted by atomic mass is 28.4. The van der Waals surface area contributed by atoms with Crippen molar-refractivity contribution in [2.24, 2.45) is 17.8 Å². The van der Waals surface area contributed by atoms with Crippen molar-refractivity contribution in [1.29, 1.82) is 0 Å². The van der Waals surface area contributed by atoms with E-state index >= 15 is 0 Å². The van der Waals surface area contributed by atoms with E-state index in [0.717, 1.165) is 31.3 Å². The average Bonchev–Trinajstić information content (AvgIpc) is 2.90. The Labute approximate surface area is 260 Å². The largest absolute Gasteiger partial charge is 0.545 e. The van der Waals surface area contributed by atoms with Crippen molar-refractivity contribution in [3.63, 3.8) is 0 Å². The third-order valence-corrected chi connectivity index (χ3v) is 8.10. The van der Waals surface area contributed by atoms with Gasteiger partial charge >= 0.3 is 0 Å². The van der Waals surface area contributed by atoms with Crippen molar-refractivity contribution in [3.05, 3.63) is 23.5 Å². The normalized spacial score (nSPS) is 17.3. The number of allylic oxidation sites excluding steroid dienone is 3. The second kappa shape index (κ2) is 22.0. The van der Waals surface area contributed by atoms with Crippen LogP contribution in [0.5, 0.6) is 0 Å². The number of aliphatic hydroxyl groups is 1. The molecule has 7 nitrogen and oxygen atoms in total. The highest BCUT2D eigenvalue weighted by Crippen LogP contribution is 2.30. The zero-order valence-electron chi connectivity index (χ0n) is 30.0. The minimum Gasteiger partial charge on any atom is -0.545 e. The van der Waals surface area contributed by atoms with Crippen LogP contribution < -0.4 is 0 Å². The Morgan fingerprint density at radius 1 is 0.905 bits per heavy atom. The molecule has 0 rings (SSSR count). The summed E-state index contributed by atoms with van der Waals surface area (Å²) in [5, 5.41) is 10.4. The van der Waals surface area contributed by atoms with E-state index in [1.54, 1.807) is 21.1 Å². The van der Waals surface area contributed by atoms with Gasteiger partial charge in [0.25, 0.3) is 0 Å². The summed E-state index contributed by atoms with van der Waals surface area (Å²) in [5.41, 5.74) is -0.0576. The maximum absolute atomic E-state index is 11.9. The molecule has 0 aromatic heterocycles. The molecule has 0 aromatic rings. The molecule has 0 bridgehead atoms. The molecule has 0 spiro atoms. The summed E-state index contributed by atoms with van der Waals surface area (Å²) in [7, 11) is 1.71. The molecule has 0 heterocycles. The van der Waals surface area contributed by atoms with Crippen molar-refractivity contribution in [3.8, 4) is 0 Å². The highest BCUT2D eigenvalue weighted by molar-refractivity contribution is 6.70. The van der Waals surface area contributed by atoms with Gasteiger partial charge in [-0.1, -0.05) is 53.0 Å². The maximum Gasteiger partial charge on any atom is 0.242 e. The van der Waals surface area contributed by atoms with Gasteiger partial charge in [-0.15, -0.1) is 0 Å². The Morgan fingerprint density at radius 2 is 1.38 bits per heavy atom. The van der Waals surface area contributed by atoms with Crippen LogP contribution >= 0.6 is 0 Å². The van der Waals surface area contributed by atoms with Crippen LogP contribution in [0.3, 0.4) is 0 Å². The number of carbonyl (C=O) groups excluding carboxylic acids is 3. The lowest BCUT2D eigenvalue weighted by Gasteiger charge is -2.37. The molecule has 0 unspecified atom stereocenters. The topological polar surface area (TPSA) is 99.1 Å². The molecule has 0 aliphatic heterocycles. The van der Waals surface area contributed by atoms with Crippen LogP contribution in [0.25, 0.3) is 0 Å². The first-order valence-electron chi connectivity index (χ1n) is 15.4. The zero-order chi connectivity index (χ0) is 33.9. The fraction of sp³-hybridized carbons (Fsp3) is 0.794. The molecular weight excluding hydrogens is 548 g/mol. The number of ether oxygens (including phenoxy) is 2. The summed E-state index contributed by atoms with van der Waals surface area (Å²) in [6, 6.07) is 0. The highest BCUT2D eigenvalue weighted by Gasteiger charge is 2.40. The van der Waals surface area contributed by atoms with Crippen LogP contribution in [0, 0.1) is 17.8 Å². The minimum atomic E-state index is -1.42. The van der Waals surface area contributed by atoms with Gasteiger partial charge in [0.2, 0.25) is 8.32 Å². The van der Waals surface area contributed by atoms with Gasteiger partial charge in [0.05, 0.1) is 23.9 Å². The van der Waals surface area contributed by atoms with E-state index in [1.165, 1.54) is 12.5 Å². The number of ketones is 2. The fourth-order valence-corrected chi connectivity index (χ4v) is 4.98. The van der Waals surface area contributed by atoms with Crippen molar-refractivity contribution >= 4 is 26.2 Å². The van der Waals surface area contributed by atoms with E-state index < -0.39 is 31.5 Å². The van der Waals surface area contributed by atoms with Crippen molar-refractivity contribution in [2.45, 2.75) is 145 Å². The first kappa shape index (κ1) is 44.8. The number of rotatable bonds is 17. The number of hydrogen-bond acceptors (Lipinski definition) is 7. The second-order valence-corrected chi connectivity index (χ2v) is 17.7. The van der Waals surface area contributed by atoms with Crippen LogP contribution in [-0.4, -0.2) is 62.8 Å². The molecule has 0 radical (unpaired) electrons. The van der Waals surface area contributed by atoms with Gasteiger partial charge < -0.3 is 23.8 Å². The van der Waals surface area contributed by atoms with E-state index in [1.807, 2.05) is 26.8 Å². The molecule has 0 saturated heterocycles. The van der Waals surface area contributed by atoms with Gasteiger partial charge in [0.15, 0.2) is 6.29 Å². The second-order valence-electron chi connectivity index (χ2n) is 13.3. The quantitative estimate of drug-likeness (QED) is 0.0581. The van der Waals surface area contributed by atoms with Crippen molar-refractivity contribution in [2.75, 3.05) is 14.2 Å². The average molecular weight is 615 g/mol. The summed E-state index contributed by atoms with van der Waals surface area (Å²) in [6.45, 7) is 27.8. The Balaban J connectivity index is -0.000000574. The molecular formula is C34H66O7Si. The Hall–Kier alpha value is -1.61. The van der Waals surface area contributed by atoms with E-state index in [2.05, 4.69) is 67.3 Å². The summed E-state index contributed by atoms with van der Waals surface area (Å²) >= 11 is 0. The SMILES string of the molecule is C/C=C(\C=C(C)C)O[Si](C)(C)C.CC[C@H](C)C[C@@](C)(OC)[C@H](O)[C@@H](C)C(=O)CC(C)=O.CC[C@H](C)C[C@](C)(C=O)OC. The predicted octanol–water partition coefficient (Wildman–Crippen LogP) is 8.11.